The first-order valence-electron chi connectivity index (χ1n) is 8.54. The van der Waals surface area contributed by atoms with Gasteiger partial charge in [-0.2, -0.15) is 0 Å². The maximum absolute atomic E-state index is 12.6. The van der Waals surface area contributed by atoms with Crippen molar-refractivity contribution in [2.75, 3.05) is 7.05 Å². The summed E-state index contributed by atoms with van der Waals surface area (Å²) >= 11 is 0. The quantitative estimate of drug-likeness (QED) is 0.820. The minimum absolute atomic E-state index is 0.289. The lowest BCUT2D eigenvalue weighted by Crippen LogP contribution is -2.27. The summed E-state index contributed by atoms with van der Waals surface area (Å²) in [6.45, 7) is 9.26. The Labute approximate surface area is 151 Å². The van der Waals surface area contributed by atoms with Crippen LogP contribution in [-0.2, 0) is 23.1 Å². The van der Waals surface area contributed by atoms with Crippen LogP contribution in [0.2, 0.25) is 0 Å². The van der Waals surface area contributed by atoms with Crippen LogP contribution in [0.1, 0.15) is 36.1 Å². The fourth-order valence-electron chi connectivity index (χ4n) is 2.47. The molecule has 0 aliphatic carbocycles. The van der Waals surface area contributed by atoms with Crippen LogP contribution in [0.25, 0.3) is 0 Å². The summed E-state index contributed by atoms with van der Waals surface area (Å²) in [5.74, 6) is 0. The van der Waals surface area contributed by atoms with E-state index < -0.39 is 10.0 Å². The Balaban J connectivity index is 2.16. The third kappa shape index (κ3) is 5.14. The van der Waals surface area contributed by atoms with Gasteiger partial charge in [0.2, 0.25) is 10.0 Å². The molecule has 0 fully saturated rings. The van der Waals surface area contributed by atoms with Crippen molar-refractivity contribution in [2.45, 2.75) is 51.7 Å². The molecule has 5 heteroatoms. The minimum Gasteiger partial charge on any atom is -0.300 e. The molecule has 0 radical (unpaired) electrons. The number of hydrogen-bond acceptors (Lipinski definition) is 3. The maximum atomic E-state index is 12.6. The third-order valence-corrected chi connectivity index (χ3v) is 6.06. The van der Waals surface area contributed by atoms with Gasteiger partial charge in [0.25, 0.3) is 0 Å². The van der Waals surface area contributed by atoms with Gasteiger partial charge in [0, 0.05) is 19.1 Å². The van der Waals surface area contributed by atoms with E-state index in [0.717, 1.165) is 28.8 Å². The lowest BCUT2D eigenvalue weighted by molar-refractivity contribution is 0.265. The molecule has 0 aromatic heterocycles. The molecule has 136 valence electrons. The molecule has 25 heavy (non-hydrogen) atoms. The first-order chi connectivity index (χ1) is 11.7. The molecule has 0 bridgehead atoms. The molecule has 0 amide bonds. The van der Waals surface area contributed by atoms with E-state index in [1.165, 1.54) is 0 Å². The molecule has 2 aromatic rings. The van der Waals surface area contributed by atoms with E-state index >= 15 is 0 Å². The van der Waals surface area contributed by atoms with Gasteiger partial charge in [0.05, 0.1) is 4.90 Å². The number of nitrogens with zero attached hydrogens (tertiary/aromatic N) is 1. The molecule has 0 aliphatic rings. The van der Waals surface area contributed by atoms with Crippen molar-refractivity contribution in [1.82, 2.24) is 9.62 Å². The molecule has 0 unspecified atom stereocenters. The van der Waals surface area contributed by atoms with Crippen molar-refractivity contribution in [2.24, 2.45) is 0 Å². The SMILES string of the molecule is Cc1ccc(S(=O)(=O)NCc2ccccc2CN(C)C(C)C)cc1C. The summed E-state index contributed by atoms with van der Waals surface area (Å²) in [5, 5.41) is 0. The number of rotatable bonds is 7. The van der Waals surface area contributed by atoms with Gasteiger partial charge in [0.15, 0.2) is 0 Å². The standard InChI is InChI=1S/C20H28N2O2S/c1-15(2)22(5)14-19-9-7-6-8-18(19)13-21-25(23,24)20-11-10-16(3)17(4)12-20/h6-12,15,21H,13-14H2,1-5H3. The lowest BCUT2D eigenvalue weighted by atomic mass is 10.1. The molecule has 0 saturated heterocycles. The van der Waals surface area contributed by atoms with Gasteiger partial charge in [-0.15, -0.1) is 0 Å². The summed E-state index contributed by atoms with van der Waals surface area (Å²) in [5.41, 5.74) is 4.20. The van der Waals surface area contributed by atoms with E-state index in [0.29, 0.717) is 10.9 Å². The number of hydrogen-bond donors (Lipinski definition) is 1. The predicted octanol–water partition coefficient (Wildman–Crippen LogP) is 3.62. The second kappa shape index (κ2) is 8.13. The molecule has 1 N–H and O–H groups in total. The first kappa shape index (κ1) is 19.6. The second-order valence-electron chi connectivity index (χ2n) is 6.85. The van der Waals surface area contributed by atoms with Crippen molar-refractivity contribution in [3.05, 3.63) is 64.7 Å². The Morgan fingerprint density at radius 2 is 1.64 bits per heavy atom. The largest absolute Gasteiger partial charge is 0.300 e. The fraction of sp³-hybridized carbons (Fsp3) is 0.400. The molecule has 2 aromatic carbocycles. The smallest absolute Gasteiger partial charge is 0.240 e. The first-order valence-corrected chi connectivity index (χ1v) is 10.0. The zero-order valence-electron chi connectivity index (χ0n) is 15.7. The Morgan fingerprint density at radius 3 is 2.24 bits per heavy atom. The highest BCUT2D eigenvalue weighted by Gasteiger charge is 2.16. The molecule has 0 aliphatic heterocycles. The molecule has 0 spiro atoms. The molecule has 4 nitrogen and oxygen atoms in total. The molecule has 0 saturated carbocycles. The Hall–Kier alpha value is -1.69. The van der Waals surface area contributed by atoms with Gasteiger partial charge in [-0.3, -0.25) is 4.90 Å². The predicted molar refractivity (Wildman–Crippen MR) is 103 cm³/mol. The van der Waals surface area contributed by atoms with Crippen LogP contribution in [0.5, 0.6) is 0 Å². The number of nitrogens with one attached hydrogen (secondary N) is 1. The van der Waals surface area contributed by atoms with E-state index in [9.17, 15) is 8.42 Å². The normalized spacial score (nSPS) is 12.1. The highest BCUT2D eigenvalue weighted by molar-refractivity contribution is 7.89. The van der Waals surface area contributed by atoms with Crippen LogP contribution in [0.15, 0.2) is 47.4 Å². The summed E-state index contributed by atoms with van der Waals surface area (Å²) in [6, 6.07) is 13.6. The molecule has 2 rings (SSSR count). The van der Waals surface area contributed by atoms with Crippen LogP contribution in [0, 0.1) is 13.8 Å². The molecule has 0 atom stereocenters. The van der Waals surface area contributed by atoms with E-state index in [4.69, 9.17) is 0 Å². The van der Waals surface area contributed by atoms with Crippen molar-refractivity contribution in [3.8, 4) is 0 Å². The summed E-state index contributed by atoms with van der Waals surface area (Å²) in [4.78, 5) is 2.55. The van der Waals surface area contributed by atoms with Gasteiger partial charge in [-0.1, -0.05) is 30.3 Å². The third-order valence-electron chi connectivity index (χ3n) is 4.66. The highest BCUT2D eigenvalue weighted by atomic mass is 32.2. The Kier molecular flexibility index (Phi) is 6.38. The minimum atomic E-state index is -3.52. The summed E-state index contributed by atoms with van der Waals surface area (Å²) in [6.07, 6.45) is 0. The summed E-state index contributed by atoms with van der Waals surface area (Å²) in [7, 11) is -1.45. The van der Waals surface area contributed by atoms with Crippen LogP contribution in [-0.4, -0.2) is 26.4 Å². The van der Waals surface area contributed by atoms with Crippen molar-refractivity contribution in [1.29, 1.82) is 0 Å². The van der Waals surface area contributed by atoms with Crippen molar-refractivity contribution >= 4 is 10.0 Å². The summed E-state index contributed by atoms with van der Waals surface area (Å²) < 4.78 is 27.9. The Morgan fingerprint density at radius 1 is 1.00 bits per heavy atom. The van der Waals surface area contributed by atoms with Gasteiger partial charge >= 0.3 is 0 Å². The van der Waals surface area contributed by atoms with E-state index in [1.54, 1.807) is 12.1 Å². The average Bonchev–Trinajstić information content (AvgIpc) is 2.56. The number of sulfonamides is 1. The van der Waals surface area contributed by atoms with Gasteiger partial charge in [-0.25, -0.2) is 13.1 Å². The van der Waals surface area contributed by atoms with Gasteiger partial charge in [0.1, 0.15) is 0 Å². The zero-order chi connectivity index (χ0) is 18.6. The maximum Gasteiger partial charge on any atom is 0.240 e. The fourth-order valence-corrected chi connectivity index (χ4v) is 3.56. The van der Waals surface area contributed by atoms with Crippen molar-refractivity contribution in [3.63, 3.8) is 0 Å². The van der Waals surface area contributed by atoms with E-state index in [2.05, 4.69) is 36.6 Å². The lowest BCUT2D eigenvalue weighted by Gasteiger charge is -2.22. The number of benzene rings is 2. The van der Waals surface area contributed by atoms with Gasteiger partial charge < -0.3 is 0 Å². The van der Waals surface area contributed by atoms with E-state index in [-0.39, 0.29) is 6.54 Å². The zero-order valence-corrected chi connectivity index (χ0v) is 16.5. The van der Waals surface area contributed by atoms with E-state index in [1.807, 2.05) is 38.1 Å². The molecular weight excluding hydrogens is 332 g/mol. The molecular formula is C20H28N2O2S. The monoisotopic (exact) mass is 360 g/mol. The average molecular weight is 361 g/mol. The van der Waals surface area contributed by atoms with Crippen molar-refractivity contribution < 1.29 is 8.42 Å². The Bertz CT molecular complexity index is 829. The van der Waals surface area contributed by atoms with Crippen LogP contribution < -0.4 is 4.72 Å². The highest BCUT2D eigenvalue weighted by Crippen LogP contribution is 2.17. The van der Waals surface area contributed by atoms with Gasteiger partial charge in [-0.05, 0) is 69.1 Å². The topological polar surface area (TPSA) is 49.4 Å². The van der Waals surface area contributed by atoms with Crippen LogP contribution >= 0.6 is 0 Å². The number of aryl methyl sites for hydroxylation is 2. The van der Waals surface area contributed by atoms with Crippen LogP contribution in [0.4, 0.5) is 0 Å². The molecule has 0 heterocycles. The second-order valence-corrected chi connectivity index (χ2v) is 8.62. The van der Waals surface area contributed by atoms with Crippen LogP contribution in [0.3, 0.4) is 0 Å².